The Labute approximate surface area is 164 Å². The molecule has 2 amide bonds. The van der Waals surface area contributed by atoms with Crippen LogP contribution >= 0.6 is 23.2 Å². The summed E-state index contributed by atoms with van der Waals surface area (Å²) < 4.78 is 0. The number of piperazine rings is 1. The zero-order valence-electron chi connectivity index (χ0n) is 14.4. The van der Waals surface area contributed by atoms with Gasteiger partial charge in [0.25, 0.3) is 0 Å². The largest absolute Gasteiger partial charge is 0.322 e. The maximum Gasteiger partial charge on any atom is 0.321 e. The molecule has 6 heteroatoms. The van der Waals surface area contributed by atoms with Crippen LogP contribution in [0.25, 0.3) is 6.08 Å². The summed E-state index contributed by atoms with van der Waals surface area (Å²) in [6.45, 7) is 4.00. The van der Waals surface area contributed by atoms with E-state index in [1.54, 1.807) is 18.2 Å². The molecule has 4 nitrogen and oxygen atoms in total. The van der Waals surface area contributed by atoms with Gasteiger partial charge < -0.3 is 10.2 Å². The number of carbonyl (C=O) groups excluding carboxylic acids is 1. The van der Waals surface area contributed by atoms with Gasteiger partial charge in [0.2, 0.25) is 0 Å². The van der Waals surface area contributed by atoms with Crippen LogP contribution in [0.2, 0.25) is 10.0 Å². The van der Waals surface area contributed by atoms with Crippen LogP contribution in [-0.2, 0) is 0 Å². The van der Waals surface area contributed by atoms with Crippen LogP contribution in [0.15, 0.2) is 54.6 Å². The highest BCUT2D eigenvalue weighted by atomic mass is 35.5. The molecule has 136 valence electrons. The van der Waals surface area contributed by atoms with Gasteiger partial charge in [0, 0.05) is 38.4 Å². The van der Waals surface area contributed by atoms with Crippen LogP contribution in [0.5, 0.6) is 0 Å². The van der Waals surface area contributed by atoms with Crippen molar-refractivity contribution in [2.75, 3.05) is 38.0 Å². The van der Waals surface area contributed by atoms with Gasteiger partial charge in [0.1, 0.15) is 0 Å². The number of nitrogens with zero attached hydrogens (tertiary/aromatic N) is 2. The molecule has 1 heterocycles. The Morgan fingerprint density at radius 1 is 1.00 bits per heavy atom. The van der Waals surface area contributed by atoms with E-state index in [1.807, 2.05) is 23.1 Å². The number of hydrogen-bond donors (Lipinski definition) is 1. The van der Waals surface area contributed by atoms with Crippen molar-refractivity contribution in [1.29, 1.82) is 0 Å². The first-order valence-electron chi connectivity index (χ1n) is 8.57. The van der Waals surface area contributed by atoms with Crippen LogP contribution in [-0.4, -0.2) is 48.6 Å². The summed E-state index contributed by atoms with van der Waals surface area (Å²) in [6, 6.07) is 15.2. The Bertz CT molecular complexity index is 772. The molecule has 0 spiro atoms. The molecule has 1 fully saturated rings. The van der Waals surface area contributed by atoms with E-state index in [0.717, 1.165) is 19.6 Å². The molecule has 0 atom stereocenters. The summed E-state index contributed by atoms with van der Waals surface area (Å²) in [6.07, 6.45) is 4.30. The van der Waals surface area contributed by atoms with Crippen LogP contribution in [0, 0.1) is 0 Å². The first kappa shape index (κ1) is 18.8. The van der Waals surface area contributed by atoms with Gasteiger partial charge in [0.15, 0.2) is 0 Å². The smallest absolute Gasteiger partial charge is 0.321 e. The molecular formula is C20H21Cl2N3O. The van der Waals surface area contributed by atoms with Gasteiger partial charge in [0.05, 0.1) is 10.0 Å². The molecule has 1 aliphatic heterocycles. The zero-order valence-corrected chi connectivity index (χ0v) is 15.9. The van der Waals surface area contributed by atoms with E-state index >= 15 is 0 Å². The molecular weight excluding hydrogens is 369 g/mol. The summed E-state index contributed by atoms with van der Waals surface area (Å²) in [4.78, 5) is 16.5. The lowest BCUT2D eigenvalue weighted by Crippen LogP contribution is -2.49. The molecule has 0 saturated carbocycles. The lowest BCUT2D eigenvalue weighted by Gasteiger charge is -2.34. The number of rotatable bonds is 4. The minimum Gasteiger partial charge on any atom is -0.322 e. The Morgan fingerprint density at radius 2 is 1.73 bits per heavy atom. The number of carbonyl (C=O) groups is 1. The van der Waals surface area contributed by atoms with E-state index in [2.05, 4.69) is 34.5 Å². The zero-order chi connectivity index (χ0) is 18.4. The van der Waals surface area contributed by atoms with Crippen molar-refractivity contribution in [3.05, 3.63) is 70.2 Å². The Morgan fingerprint density at radius 3 is 2.42 bits per heavy atom. The highest BCUT2D eigenvalue weighted by Gasteiger charge is 2.20. The lowest BCUT2D eigenvalue weighted by atomic mass is 10.2. The number of urea groups is 1. The van der Waals surface area contributed by atoms with E-state index in [0.29, 0.717) is 28.8 Å². The number of hydrogen-bond acceptors (Lipinski definition) is 2. The number of nitrogens with one attached hydrogen (secondary N) is 1. The topological polar surface area (TPSA) is 35.6 Å². The predicted octanol–water partition coefficient (Wildman–Crippen LogP) is 4.86. The highest BCUT2D eigenvalue weighted by molar-refractivity contribution is 6.42. The number of amides is 2. The maximum absolute atomic E-state index is 12.4. The van der Waals surface area contributed by atoms with Gasteiger partial charge in [-0.05, 0) is 23.8 Å². The second-order valence-corrected chi connectivity index (χ2v) is 6.97. The van der Waals surface area contributed by atoms with E-state index in [-0.39, 0.29) is 6.03 Å². The number of benzene rings is 2. The number of anilines is 1. The summed E-state index contributed by atoms with van der Waals surface area (Å²) >= 11 is 11.9. The van der Waals surface area contributed by atoms with Crippen LogP contribution in [0.4, 0.5) is 10.5 Å². The summed E-state index contributed by atoms with van der Waals surface area (Å²) in [5, 5.41) is 3.77. The Kier molecular flexibility index (Phi) is 6.56. The molecule has 1 aliphatic rings. The molecule has 3 rings (SSSR count). The summed E-state index contributed by atoms with van der Waals surface area (Å²) in [5.41, 5.74) is 1.85. The fraction of sp³-hybridized carbons (Fsp3) is 0.250. The van der Waals surface area contributed by atoms with E-state index < -0.39 is 0 Å². The first-order valence-corrected chi connectivity index (χ1v) is 9.32. The van der Waals surface area contributed by atoms with E-state index in [1.165, 1.54) is 5.56 Å². The monoisotopic (exact) mass is 389 g/mol. The molecule has 2 aromatic rings. The van der Waals surface area contributed by atoms with Gasteiger partial charge in [-0.3, -0.25) is 4.90 Å². The fourth-order valence-electron chi connectivity index (χ4n) is 2.81. The Hall–Kier alpha value is -2.01. The second kappa shape index (κ2) is 9.08. The van der Waals surface area contributed by atoms with Crippen molar-refractivity contribution in [3.63, 3.8) is 0 Å². The van der Waals surface area contributed by atoms with Gasteiger partial charge in [-0.25, -0.2) is 4.79 Å². The van der Waals surface area contributed by atoms with Crippen molar-refractivity contribution in [2.45, 2.75) is 0 Å². The van der Waals surface area contributed by atoms with Crippen LogP contribution in [0.3, 0.4) is 0 Å². The Balaban J connectivity index is 1.44. The third kappa shape index (κ3) is 5.24. The van der Waals surface area contributed by atoms with E-state index in [9.17, 15) is 4.79 Å². The molecule has 0 radical (unpaired) electrons. The third-order valence-electron chi connectivity index (χ3n) is 4.30. The average molecular weight is 390 g/mol. The van der Waals surface area contributed by atoms with Crippen LogP contribution in [0.1, 0.15) is 5.56 Å². The standard InChI is InChI=1S/C20H21Cl2N3O/c21-18-9-8-17(15-19(18)22)23-20(26)25-13-11-24(12-14-25)10-4-7-16-5-2-1-3-6-16/h1-9,15H,10-14H2,(H,23,26)/b7-4+. The normalized spacial score (nSPS) is 15.4. The van der Waals surface area contributed by atoms with Crippen molar-refractivity contribution in [3.8, 4) is 0 Å². The molecule has 0 aromatic heterocycles. The quantitative estimate of drug-likeness (QED) is 0.810. The molecule has 1 saturated heterocycles. The predicted molar refractivity (Wildman–Crippen MR) is 109 cm³/mol. The molecule has 0 unspecified atom stereocenters. The van der Waals surface area contributed by atoms with E-state index in [4.69, 9.17) is 23.2 Å². The molecule has 1 N–H and O–H groups in total. The van der Waals surface area contributed by atoms with Crippen molar-refractivity contribution >= 4 is 41.0 Å². The molecule has 26 heavy (non-hydrogen) atoms. The molecule has 2 aromatic carbocycles. The fourth-order valence-corrected chi connectivity index (χ4v) is 3.11. The van der Waals surface area contributed by atoms with Crippen molar-refractivity contribution < 1.29 is 4.79 Å². The SMILES string of the molecule is O=C(Nc1ccc(Cl)c(Cl)c1)N1CCN(C/C=C/c2ccccc2)CC1. The lowest BCUT2D eigenvalue weighted by molar-refractivity contribution is 0.156. The second-order valence-electron chi connectivity index (χ2n) is 6.16. The van der Waals surface area contributed by atoms with Gasteiger partial charge in [-0.2, -0.15) is 0 Å². The minimum absolute atomic E-state index is 0.108. The van der Waals surface area contributed by atoms with Gasteiger partial charge in [-0.1, -0.05) is 65.7 Å². The number of halogens is 2. The summed E-state index contributed by atoms with van der Waals surface area (Å²) in [7, 11) is 0. The average Bonchev–Trinajstić information content (AvgIpc) is 2.66. The van der Waals surface area contributed by atoms with Gasteiger partial charge >= 0.3 is 6.03 Å². The first-order chi connectivity index (χ1) is 12.6. The minimum atomic E-state index is -0.108. The highest BCUT2D eigenvalue weighted by Crippen LogP contribution is 2.25. The maximum atomic E-state index is 12.4. The van der Waals surface area contributed by atoms with Crippen molar-refractivity contribution in [2.24, 2.45) is 0 Å². The third-order valence-corrected chi connectivity index (χ3v) is 5.04. The van der Waals surface area contributed by atoms with Crippen molar-refractivity contribution in [1.82, 2.24) is 9.80 Å². The van der Waals surface area contributed by atoms with Gasteiger partial charge in [-0.15, -0.1) is 0 Å². The van der Waals surface area contributed by atoms with Crippen LogP contribution < -0.4 is 5.32 Å². The molecule has 0 bridgehead atoms. The summed E-state index contributed by atoms with van der Waals surface area (Å²) in [5.74, 6) is 0. The molecule has 0 aliphatic carbocycles.